The number of benzene rings is 1. The van der Waals surface area contributed by atoms with E-state index in [4.69, 9.17) is 4.74 Å². The Morgan fingerprint density at radius 3 is 3.00 bits per heavy atom. The predicted octanol–water partition coefficient (Wildman–Crippen LogP) is 1.52. The topological polar surface area (TPSA) is 49.8 Å². The minimum Gasteiger partial charge on any atom is -0.493 e. The maximum absolute atomic E-state index is 11.4. The van der Waals surface area contributed by atoms with Crippen LogP contribution in [0.3, 0.4) is 0 Å². The van der Waals surface area contributed by atoms with E-state index in [9.17, 15) is 9.90 Å². The zero-order valence-electron chi connectivity index (χ0n) is 10.8. The number of hydrogen-bond donors (Lipinski definition) is 1. The molecule has 2 rings (SSSR count). The minimum atomic E-state index is -0.369. The number of aliphatic hydroxyl groups excluding tert-OH is 1. The molecule has 18 heavy (non-hydrogen) atoms. The lowest BCUT2D eigenvalue weighted by molar-refractivity contribution is -0.129. The monoisotopic (exact) mass is 249 g/mol. The van der Waals surface area contributed by atoms with E-state index in [0.717, 1.165) is 29.7 Å². The molecular weight excluding hydrogens is 230 g/mol. The highest BCUT2D eigenvalue weighted by atomic mass is 16.5. The van der Waals surface area contributed by atoms with Crippen molar-refractivity contribution in [2.45, 2.75) is 25.4 Å². The number of carbonyl (C=O) groups is 1. The number of nitrogens with zero attached hydrogens (tertiary/aromatic N) is 1. The molecule has 1 unspecified atom stereocenters. The lowest BCUT2D eigenvalue weighted by Gasteiger charge is -2.13. The zero-order valence-corrected chi connectivity index (χ0v) is 10.8. The smallest absolute Gasteiger partial charge is 0.225 e. The van der Waals surface area contributed by atoms with Crippen LogP contribution in [-0.2, 0) is 11.2 Å². The fourth-order valence-electron chi connectivity index (χ4n) is 2.21. The summed E-state index contributed by atoms with van der Waals surface area (Å²) in [5.41, 5.74) is 2.05. The van der Waals surface area contributed by atoms with Gasteiger partial charge in [-0.2, -0.15) is 0 Å². The third kappa shape index (κ3) is 2.64. The lowest BCUT2D eigenvalue weighted by Crippen LogP contribution is -2.23. The molecule has 1 amide bonds. The van der Waals surface area contributed by atoms with Gasteiger partial charge in [-0.1, -0.05) is 12.1 Å². The van der Waals surface area contributed by atoms with E-state index < -0.39 is 0 Å². The third-order valence-electron chi connectivity index (χ3n) is 3.27. The van der Waals surface area contributed by atoms with Gasteiger partial charge >= 0.3 is 0 Å². The van der Waals surface area contributed by atoms with Crippen molar-refractivity contribution in [2.75, 3.05) is 20.7 Å². The molecule has 4 heteroatoms. The summed E-state index contributed by atoms with van der Waals surface area (Å²) in [6.45, 7) is 0.379. The van der Waals surface area contributed by atoms with Crippen LogP contribution < -0.4 is 4.74 Å². The molecule has 1 atom stereocenters. The average Bonchev–Trinajstić information content (AvgIpc) is 2.72. The van der Waals surface area contributed by atoms with Gasteiger partial charge in [0, 0.05) is 19.7 Å². The predicted molar refractivity (Wildman–Crippen MR) is 68.5 cm³/mol. The van der Waals surface area contributed by atoms with Crippen molar-refractivity contribution >= 4 is 5.91 Å². The maximum Gasteiger partial charge on any atom is 0.225 e. The number of hydrogen-bond acceptors (Lipinski definition) is 3. The Labute approximate surface area is 107 Å². The molecule has 1 aromatic rings. The number of amides is 1. The van der Waals surface area contributed by atoms with E-state index in [-0.39, 0.29) is 12.0 Å². The fourth-order valence-corrected chi connectivity index (χ4v) is 2.21. The van der Waals surface area contributed by atoms with Crippen molar-refractivity contribution in [3.63, 3.8) is 0 Å². The first kappa shape index (κ1) is 12.9. The summed E-state index contributed by atoms with van der Waals surface area (Å²) in [6.07, 6.45) is 1.60. The summed E-state index contributed by atoms with van der Waals surface area (Å²) in [6, 6.07) is 5.72. The van der Waals surface area contributed by atoms with Crippen LogP contribution in [0.25, 0.3) is 0 Å². The van der Waals surface area contributed by atoms with Gasteiger partial charge in [-0.05, 0) is 24.5 Å². The van der Waals surface area contributed by atoms with E-state index in [2.05, 4.69) is 0 Å². The first-order valence-electron chi connectivity index (χ1n) is 6.22. The molecule has 0 spiro atoms. The number of ether oxygens (including phenoxy) is 1. The van der Waals surface area contributed by atoms with E-state index in [1.165, 1.54) is 0 Å². The van der Waals surface area contributed by atoms with Crippen LogP contribution >= 0.6 is 0 Å². The normalized spacial score (nSPS) is 17.4. The van der Waals surface area contributed by atoms with E-state index in [1.54, 1.807) is 19.0 Å². The second-order valence-corrected chi connectivity index (χ2v) is 4.77. The van der Waals surface area contributed by atoms with Gasteiger partial charge in [0.05, 0.1) is 19.1 Å². The van der Waals surface area contributed by atoms with Crippen molar-refractivity contribution in [1.82, 2.24) is 4.90 Å². The van der Waals surface area contributed by atoms with Gasteiger partial charge in [0.2, 0.25) is 5.91 Å². The van der Waals surface area contributed by atoms with Crippen LogP contribution in [0.2, 0.25) is 0 Å². The van der Waals surface area contributed by atoms with Crippen LogP contribution in [0.15, 0.2) is 18.2 Å². The lowest BCUT2D eigenvalue weighted by atomic mass is 10.1. The molecule has 1 aliphatic carbocycles. The third-order valence-corrected chi connectivity index (χ3v) is 3.27. The number of aliphatic hydroxyl groups is 1. The molecule has 0 aromatic heterocycles. The van der Waals surface area contributed by atoms with Gasteiger partial charge in [-0.15, -0.1) is 0 Å². The van der Waals surface area contributed by atoms with E-state index in [0.29, 0.717) is 13.0 Å². The Morgan fingerprint density at radius 2 is 2.28 bits per heavy atom. The highest BCUT2D eigenvalue weighted by molar-refractivity contribution is 5.75. The van der Waals surface area contributed by atoms with Gasteiger partial charge in [0.1, 0.15) is 5.75 Å². The molecule has 0 aliphatic heterocycles. The zero-order chi connectivity index (χ0) is 13.1. The van der Waals surface area contributed by atoms with Crippen molar-refractivity contribution in [2.24, 2.45) is 0 Å². The molecule has 4 nitrogen and oxygen atoms in total. The second-order valence-electron chi connectivity index (χ2n) is 4.77. The van der Waals surface area contributed by atoms with Gasteiger partial charge in [-0.25, -0.2) is 0 Å². The Balaban J connectivity index is 1.97. The molecule has 0 saturated carbocycles. The van der Waals surface area contributed by atoms with Crippen LogP contribution in [0.1, 0.15) is 30.1 Å². The highest BCUT2D eigenvalue weighted by Crippen LogP contribution is 2.36. The largest absolute Gasteiger partial charge is 0.493 e. The average molecular weight is 249 g/mol. The summed E-state index contributed by atoms with van der Waals surface area (Å²) >= 11 is 0. The Hall–Kier alpha value is -1.55. The van der Waals surface area contributed by atoms with Crippen molar-refractivity contribution in [3.05, 3.63) is 29.3 Å². The molecule has 0 saturated heterocycles. The SMILES string of the molecule is CN(C)C(=O)CCOc1cccc2c1CCC2O. The minimum absolute atomic E-state index is 0.0580. The molecule has 98 valence electrons. The van der Waals surface area contributed by atoms with Crippen molar-refractivity contribution < 1.29 is 14.6 Å². The summed E-state index contributed by atoms with van der Waals surface area (Å²) in [7, 11) is 3.47. The van der Waals surface area contributed by atoms with Crippen LogP contribution in [0, 0.1) is 0 Å². The summed E-state index contributed by atoms with van der Waals surface area (Å²) in [4.78, 5) is 13.0. The molecule has 0 fully saturated rings. The number of carbonyl (C=O) groups excluding carboxylic acids is 1. The fraction of sp³-hybridized carbons (Fsp3) is 0.500. The van der Waals surface area contributed by atoms with Gasteiger partial charge in [0.25, 0.3) is 0 Å². The van der Waals surface area contributed by atoms with Gasteiger partial charge < -0.3 is 14.7 Å². The van der Waals surface area contributed by atoms with Gasteiger partial charge in [-0.3, -0.25) is 4.79 Å². The quantitative estimate of drug-likeness (QED) is 0.880. The second kappa shape index (κ2) is 5.40. The summed E-state index contributed by atoms with van der Waals surface area (Å²) in [5.74, 6) is 0.859. The first-order chi connectivity index (χ1) is 8.59. The van der Waals surface area contributed by atoms with E-state index in [1.807, 2.05) is 18.2 Å². The first-order valence-corrected chi connectivity index (χ1v) is 6.22. The standard InChI is InChI=1S/C14H19NO3/c1-15(2)14(17)8-9-18-13-5-3-4-10-11(13)6-7-12(10)16/h3-5,12,16H,6-9H2,1-2H3. The Kier molecular flexibility index (Phi) is 3.87. The number of fused-ring (bicyclic) bond motifs is 1. The maximum atomic E-state index is 11.4. The van der Waals surface area contributed by atoms with Crippen LogP contribution in [-0.4, -0.2) is 36.6 Å². The molecule has 1 aromatic carbocycles. The van der Waals surface area contributed by atoms with Crippen LogP contribution in [0.4, 0.5) is 0 Å². The molecule has 0 bridgehead atoms. The number of rotatable bonds is 4. The van der Waals surface area contributed by atoms with Crippen LogP contribution in [0.5, 0.6) is 5.75 Å². The summed E-state index contributed by atoms with van der Waals surface area (Å²) in [5, 5.41) is 9.78. The molecule has 0 heterocycles. The van der Waals surface area contributed by atoms with Crippen molar-refractivity contribution in [1.29, 1.82) is 0 Å². The van der Waals surface area contributed by atoms with E-state index >= 15 is 0 Å². The Bertz CT molecular complexity index is 443. The molecule has 1 aliphatic rings. The molecular formula is C14H19NO3. The molecule has 0 radical (unpaired) electrons. The summed E-state index contributed by atoms with van der Waals surface area (Å²) < 4.78 is 5.66. The van der Waals surface area contributed by atoms with Gasteiger partial charge in [0.15, 0.2) is 0 Å². The highest BCUT2D eigenvalue weighted by Gasteiger charge is 2.23. The molecule has 1 N–H and O–H groups in total. The Morgan fingerprint density at radius 1 is 1.50 bits per heavy atom. The van der Waals surface area contributed by atoms with Crippen molar-refractivity contribution in [3.8, 4) is 5.75 Å².